The first-order chi connectivity index (χ1) is 11.1. The molecule has 0 fully saturated rings. The van der Waals surface area contributed by atoms with Crippen LogP contribution in [0.5, 0.6) is 0 Å². The predicted octanol–water partition coefficient (Wildman–Crippen LogP) is 2.87. The summed E-state index contributed by atoms with van der Waals surface area (Å²) in [5.74, 6) is 0.205. The molecule has 0 aliphatic rings. The largest absolute Gasteiger partial charge is 0.372 e. The second kappa shape index (κ2) is 5.06. The number of aromatic nitrogens is 4. The summed E-state index contributed by atoms with van der Waals surface area (Å²) in [4.78, 5) is 20.2. The van der Waals surface area contributed by atoms with E-state index >= 15 is 0 Å². The van der Waals surface area contributed by atoms with E-state index in [-0.39, 0.29) is 11.6 Å². The second-order valence-corrected chi connectivity index (χ2v) is 5.95. The molecule has 0 aliphatic carbocycles. The molecule has 0 aromatic carbocycles. The maximum absolute atomic E-state index is 11.3. The lowest BCUT2D eigenvalue weighted by molar-refractivity contribution is -0.389. The number of thiazole rings is 1. The Hall–Kier alpha value is -2.94. The maximum Gasteiger partial charge on any atom is 0.372 e. The van der Waals surface area contributed by atoms with Gasteiger partial charge in [-0.3, -0.25) is 0 Å². The van der Waals surface area contributed by atoms with E-state index in [0.717, 1.165) is 17.0 Å². The first-order valence-corrected chi connectivity index (χ1v) is 7.79. The lowest BCUT2D eigenvalue weighted by Gasteiger charge is -2.00. The Kier molecular flexibility index (Phi) is 3.01. The molecule has 0 saturated heterocycles. The summed E-state index contributed by atoms with van der Waals surface area (Å²) >= 11 is 1.35. The Morgan fingerprint density at radius 3 is 3.00 bits per heavy atom. The summed E-state index contributed by atoms with van der Waals surface area (Å²) in [7, 11) is 0. The van der Waals surface area contributed by atoms with E-state index in [9.17, 15) is 10.1 Å². The highest BCUT2D eigenvalue weighted by Gasteiger charge is 2.23. The smallest absolute Gasteiger partial charge is 0.358 e. The van der Waals surface area contributed by atoms with Gasteiger partial charge in [-0.1, -0.05) is 17.4 Å². The van der Waals surface area contributed by atoms with Crippen molar-refractivity contribution in [2.45, 2.75) is 13.5 Å². The zero-order chi connectivity index (χ0) is 16.0. The lowest BCUT2D eigenvalue weighted by atomic mass is 10.4. The molecule has 0 aliphatic heterocycles. The van der Waals surface area contributed by atoms with Crippen LogP contribution in [0, 0.1) is 17.0 Å². The Morgan fingerprint density at radius 1 is 1.35 bits per heavy atom. The summed E-state index contributed by atoms with van der Waals surface area (Å²) in [6.07, 6.45) is 3.56. The maximum atomic E-state index is 11.3. The Morgan fingerprint density at radius 2 is 2.22 bits per heavy atom. The van der Waals surface area contributed by atoms with Crippen LogP contribution in [0.15, 0.2) is 36.0 Å². The van der Waals surface area contributed by atoms with Gasteiger partial charge in [-0.25, -0.2) is 4.98 Å². The van der Waals surface area contributed by atoms with E-state index in [4.69, 9.17) is 0 Å². The summed E-state index contributed by atoms with van der Waals surface area (Å²) in [5, 5.41) is 16.1. The number of pyridine rings is 1. The molecule has 4 heterocycles. The van der Waals surface area contributed by atoms with Crippen molar-refractivity contribution in [2.75, 3.05) is 5.32 Å². The predicted molar refractivity (Wildman–Crippen MR) is 87.0 cm³/mol. The molecule has 4 rings (SSSR count). The van der Waals surface area contributed by atoms with E-state index in [1.807, 2.05) is 35.7 Å². The minimum Gasteiger partial charge on any atom is -0.358 e. The fourth-order valence-corrected chi connectivity index (χ4v) is 3.23. The standard InChI is InChI=1S/C14H12N6O2S/c1-9-3-2-4-11-16-10(8-19(9)11)7-15-12-13(20(21)22)18-5-6-23-14(18)17-12/h2-6,8,15H,7H2,1H3. The first kappa shape index (κ1) is 13.7. The van der Waals surface area contributed by atoms with Crippen molar-refractivity contribution in [1.29, 1.82) is 0 Å². The van der Waals surface area contributed by atoms with Crippen molar-refractivity contribution >= 4 is 33.6 Å². The van der Waals surface area contributed by atoms with Crippen LogP contribution < -0.4 is 5.32 Å². The molecule has 8 nitrogen and oxygen atoms in total. The molecule has 1 N–H and O–H groups in total. The van der Waals surface area contributed by atoms with E-state index in [1.165, 1.54) is 15.7 Å². The number of hydrogen-bond acceptors (Lipinski definition) is 6. The molecule has 0 atom stereocenters. The number of fused-ring (bicyclic) bond motifs is 2. The Balaban J connectivity index is 1.65. The minimum absolute atomic E-state index is 0.0544. The van der Waals surface area contributed by atoms with Crippen LogP contribution in [0.1, 0.15) is 11.4 Å². The highest BCUT2D eigenvalue weighted by Crippen LogP contribution is 2.28. The van der Waals surface area contributed by atoms with Gasteiger partial charge in [0, 0.05) is 17.3 Å². The number of nitrogens with zero attached hydrogens (tertiary/aromatic N) is 5. The number of rotatable bonds is 4. The van der Waals surface area contributed by atoms with Crippen molar-refractivity contribution in [3.05, 3.63) is 57.5 Å². The SMILES string of the molecule is Cc1cccc2nc(CNc3nc4sccn4c3[N+](=O)[O-])cn12. The molecule has 0 amide bonds. The summed E-state index contributed by atoms with van der Waals surface area (Å²) < 4.78 is 3.46. The van der Waals surface area contributed by atoms with Crippen molar-refractivity contribution < 1.29 is 4.92 Å². The van der Waals surface area contributed by atoms with Gasteiger partial charge in [0.25, 0.3) is 4.96 Å². The van der Waals surface area contributed by atoms with Gasteiger partial charge in [0.05, 0.1) is 12.2 Å². The molecule has 4 aromatic rings. The summed E-state index contributed by atoms with van der Waals surface area (Å²) in [6, 6.07) is 5.87. The van der Waals surface area contributed by atoms with E-state index in [0.29, 0.717) is 11.5 Å². The fraction of sp³-hybridized carbons (Fsp3) is 0.143. The monoisotopic (exact) mass is 328 g/mol. The Labute approximate surface area is 134 Å². The summed E-state index contributed by atoms with van der Waals surface area (Å²) in [6.45, 7) is 2.37. The van der Waals surface area contributed by atoms with Gasteiger partial charge in [-0.05, 0) is 24.0 Å². The van der Waals surface area contributed by atoms with Gasteiger partial charge in [0.1, 0.15) is 11.8 Å². The molecule has 0 radical (unpaired) electrons. The quantitative estimate of drug-likeness (QED) is 0.459. The van der Waals surface area contributed by atoms with Crippen LogP contribution in [0.25, 0.3) is 10.6 Å². The first-order valence-electron chi connectivity index (χ1n) is 6.91. The molecular weight excluding hydrogens is 316 g/mol. The average Bonchev–Trinajstić information content (AvgIpc) is 3.18. The second-order valence-electron chi connectivity index (χ2n) is 5.08. The van der Waals surface area contributed by atoms with Gasteiger partial charge in [-0.2, -0.15) is 9.38 Å². The van der Waals surface area contributed by atoms with E-state index < -0.39 is 4.92 Å². The summed E-state index contributed by atoms with van der Waals surface area (Å²) in [5.41, 5.74) is 2.72. The van der Waals surface area contributed by atoms with Crippen LogP contribution >= 0.6 is 11.3 Å². The van der Waals surface area contributed by atoms with Crippen molar-refractivity contribution in [3.8, 4) is 0 Å². The Bertz CT molecular complexity index is 1030. The third kappa shape index (κ3) is 2.21. The van der Waals surface area contributed by atoms with Crippen molar-refractivity contribution in [3.63, 3.8) is 0 Å². The molecule has 0 unspecified atom stereocenters. The van der Waals surface area contributed by atoms with E-state index in [1.54, 1.807) is 11.6 Å². The molecule has 9 heteroatoms. The van der Waals surface area contributed by atoms with Crippen molar-refractivity contribution in [2.24, 2.45) is 0 Å². The number of imidazole rings is 2. The van der Waals surface area contributed by atoms with Crippen LogP contribution in [0.3, 0.4) is 0 Å². The van der Waals surface area contributed by atoms with Gasteiger partial charge in [0.15, 0.2) is 0 Å². The molecule has 0 bridgehead atoms. The highest BCUT2D eigenvalue weighted by atomic mass is 32.1. The van der Waals surface area contributed by atoms with Gasteiger partial charge >= 0.3 is 5.82 Å². The number of nitrogens with one attached hydrogen (secondary N) is 1. The van der Waals surface area contributed by atoms with Crippen LogP contribution in [0.2, 0.25) is 0 Å². The normalized spacial score (nSPS) is 11.3. The number of anilines is 1. The average molecular weight is 328 g/mol. The third-order valence-corrected chi connectivity index (χ3v) is 4.35. The molecular formula is C14H12N6O2S. The van der Waals surface area contributed by atoms with Crippen LogP contribution in [-0.4, -0.2) is 23.7 Å². The van der Waals surface area contributed by atoms with E-state index in [2.05, 4.69) is 15.3 Å². The van der Waals surface area contributed by atoms with Gasteiger partial charge in [-0.15, -0.1) is 0 Å². The van der Waals surface area contributed by atoms with Crippen molar-refractivity contribution in [1.82, 2.24) is 18.8 Å². The fourth-order valence-electron chi connectivity index (χ4n) is 2.53. The molecule has 0 saturated carbocycles. The number of nitro groups is 1. The molecule has 4 aromatic heterocycles. The highest BCUT2D eigenvalue weighted by molar-refractivity contribution is 7.15. The van der Waals surface area contributed by atoms with Gasteiger partial charge < -0.3 is 19.8 Å². The molecule has 0 spiro atoms. The molecule has 116 valence electrons. The minimum atomic E-state index is -0.428. The molecule has 23 heavy (non-hydrogen) atoms. The lowest BCUT2D eigenvalue weighted by Crippen LogP contribution is -2.03. The third-order valence-electron chi connectivity index (χ3n) is 3.59. The zero-order valence-electron chi connectivity index (χ0n) is 12.1. The number of hydrogen-bond donors (Lipinski definition) is 1. The van der Waals surface area contributed by atoms with Gasteiger partial charge in [0.2, 0.25) is 5.82 Å². The number of aryl methyl sites for hydroxylation is 1. The van der Waals surface area contributed by atoms with Crippen LogP contribution in [-0.2, 0) is 6.54 Å². The van der Waals surface area contributed by atoms with Crippen LogP contribution in [0.4, 0.5) is 11.6 Å². The zero-order valence-corrected chi connectivity index (χ0v) is 12.9. The topological polar surface area (TPSA) is 89.8 Å².